The standard InChI is InChI=1S/C21H28N4O4.C3H8.C2H5NO2.CHN/c1-14(26)24-21-18-9-8-17(25(18)23-13-22-21)19-10-7-16(29-19)12-28-20(27)11-15-5-3-2-4-6-15;1-3-2;3-1-2(4)5;1-2/h8-9,13,15-16,19H,2-7,10-12H2,1H3,(H,22,23,24,26);3H2,1-2H3;1,3H2,(H,4,5);1H. The van der Waals surface area contributed by atoms with Gasteiger partial charge in [0, 0.05) is 19.9 Å². The number of esters is 1. The van der Waals surface area contributed by atoms with Gasteiger partial charge in [-0.3, -0.25) is 14.4 Å². The van der Waals surface area contributed by atoms with Gasteiger partial charge in [-0.1, -0.05) is 39.5 Å². The van der Waals surface area contributed by atoms with Gasteiger partial charge in [-0.2, -0.15) is 5.10 Å². The normalized spacial score (nSPS) is 18.3. The van der Waals surface area contributed by atoms with Crippen LogP contribution in [0.25, 0.3) is 5.52 Å². The van der Waals surface area contributed by atoms with Crippen LogP contribution >= 0.6 is 0 Å². The summed E-state index contributed by atoms with van der Waals surface area (Å²) < 4.78 is 13.4. The Morgan fingerprint density at radius 1 is 1.18 bits per heavy atom. The molecule has 1 aliphatic heterocycles. The van der Waals surface area contributed by atoms with E-state index in [0.29, 0.717) is 24.8 Å². The predicted molar refractivity (Wildman–Crippen MR) is 146 cm³/mol. The molecule has 1 saturated heterocycles. The highest BCUT2D eigenvalue weighted by Gasteiger charge is 2.30. The number of rotatable bonds is 7. The molecule has 1 saturated carbocycles. The molecule has 2 atom stereocenters. The largest absolute Gasteiger partial charge is 0.480 e. The zero-order chi connectivity index (χ0) is 29.2. The summed E-state index contributed by atoms with van der Waals surface area (Å²) in [5.74, 6) is -0.293. The second kappa shape index (κ2) is 18.7. The molecule has 12 nitrogen and oxygen atoms in total. The highest BCUT2D eigenvalue weighted by atomic mass is 16.6. The highest BCUT2D eigenvalue weighted by Crippen LogP contribution is 2.34. The van der Waals surface area contributed by atoms with Crippen molar-refractivity contribution in [3.05, 3.63) is 24.2 Å². The number of nitrogens with two attached hydrogens (primary N) is 1. The average Bonchev–Trinajstić information content (AvgIpc) is 3.57. The molecule has 0 bridgehead atoms. The number of aromatic nitrogens is 3. The van der Waals surface area contributed by atoms with Crippen molar-refractivity contribution in [2.24, 2.45) is 11.7 Å². The van der Waals surface area contributed by atoms with Crippen molar-refractivity contribution in [3.8, 4) is 6.57 Å². The monoisotopic (exact) mass is 546 g/mol. The molecular weight excluding hydrogens is 504 g/mol. The third-order valence-electron chi connectivity index (χ3n) is 6.00. The third-order valence-corrected chi connectivity index (χ3v) is 6.00. The molecule has 0 spiro atoms. The van der Waals surface area contributed by atoms with Crippen LogP contribution in [0.2, 0.25) is 0 Å². The Labute approximate surface area is 229 Å². The Morgan fingerprint density at radius 2 is 1.82 bits per heavy atom. The van der Waals surface area contributed by atoms with Crippen LogP contribution in [0.1, 0.15) is 90.4 Å². The van der Waals surface area contributed by atoms with Crippen LogP contribution < -0.4 is 11.1 Å². The minimum absolute atomic E-state index is 0.0995. The number of nitrogens with one attached hydrogen (secondary N) is 1. The maximum absolute atomic E-state index is 12.1. The predicted octanol–water partition coefficient (Wildman–Crippen LogP) is 4.01. The van der Waals surface area contributed by atoms with Gasteiger partial charge in [0.1, 0.15) is 24.6 Å². The summed E-state index contributed by atoms with van der Waals surface area (Å²) >= 11 is 0. The lowest BCUT2D eigenvalue weighted by molar-refractivity contribution is -0.149. The highest BCUT2D eigenvalue weighted by molar-refractivity contribution is 5.91. The number of hydrogen-bond donors (Lipinski definition) is 3. The van der Waals surface area contributed by atoms with Crippen molar-refractivity contribution in [2.75, 3.05) is 18.5 Å². The summed E-state index contributed by atoms with van der Waals surface area (Å²) in [5, 5.41) is 21.1. The summed E-state index contributed by atoms with van der Waals surface area (Å²) in [6, 6.07) is 3.82. The molecule has 39 heavy (non-hydrogen) atoms. The third kappa shape index (κ3) is 11.8. The fraction of sp³-hybridized carbons (Fsp3) is 0.630. The first-order valence-electron chi connectivity index (χ1n) is 13.4. The van der Waals surface area contributed by atoms with Crippen molar-refractivity contribution in [1.82, 2.24) is 14.6 Å². The first-order valence-corrected chi connectivity index (χ1v) is 13.4. The van der Waals surface area contributed by atoms with Crippen LogP contribution in [0.4, 0.5) is 5.82 Å². The van der Waals surface area contributed by atoms with Crippen LogP contribution in [0.15, 0.2) is 18.5 Å². The summed E-state index contributed by atoms with van der Waals surface area (Å²) in [4.78, 5) is 36.9. The molecule has 2 aliphatic rings. The molecule has 3 heterocycles. The van der Waals surface area contributed by atoms with Gasteiger partial charge in [-0.05, 0) is 43.7 Å². The van der Waals surface area contributed by atoms with Crippen molar-refractivity contribution in [2.45, 2.75) is 90.8 Å². The van der Waals surface area contributed by atoms with Crippen molar-refractivity contribution >= 4 is 29.2 Å². The zero-order valence-corrected chi connectivity index (χ0v) is 23.2. The Kier molecular flexibility index (Phi) is 16.0. The molecule has 0 radical (unpaired) electrons. The van der Waals surface area contributed by atoms with E-state index in [9.17, 15) is 14.4 Å². The quantitative estimate of drug-likeness (QED) is 0.429. The minimum atomic E-state index is -0.968. The van der Waals surface area contributed by atoms with Gasteiger partial charge >= 0.3 is 11.9 Å². The van der Waals surface area contributed by atoms with E-state index in [1.165, 1.54) is 38.9 Å². The fourth-order valence-electron chi connectivity index (χ4n) is 4.38. The molecule has 4 rings (SSSR count). The summed E-state index contributed by atoms with van der Waals surface area (Å²) in [6.07, 6.45) is 10.7. The van der Waals surface area contributed by atoms with E-state index in [4.69, 9.17) is 19.8 Å². The minimum Gasteiger partial charge on any atom is -0.480 e. The van der Waals surface area contributed by atoms with Crippen LogP contribution in [-0.2, 0) is 23.9 Å². The van der Waals surface area contributed by atoms with Crippen LogP contribution in [0.3, 0.4) is 0 Å². The lowest BCUT2D eigenvalue weighted by Crippen LogP contribution is -2.21. The molecule has 0 aromatic carbocycles. The summed E-state index contributed by atoms with van der Waals surface area (Å²) in [5.41, 5.74) is 6.20. The topological polar surface area (TPSA) is 182 Å². The maximum Gasteiger partial charge on any atom is 0.317 e. The number of amides is 1. The molecule has 2 fully saturated rings. The number of carbonyl (C=O) groups is 3. The van der Waals surface area contributed by atoms with Crippen LogP contribution in [0.5, 0.6) is 0 Å². The van der Waals surface area contributed by atoms with Gasteiger partial charge in [-0.25, -0.2) is 14.8 Å². The number of anilines is 1. The molecule has 4 N–H and O–H groups in total. The molecule has 2 aromatic heterocycles. The van der Waals surface area contributed by atoms with Crippen molar-refractivity contribution in [1.29, 1.82) is 5.26 Å². The van der Waals surface area contributed by atoms with E-state index in [0.717, 1.165) is 36.9 Å². The van der Waals surface area contributed by atoms with Gasteiger partial charge in [0.05, 0.1) is 18.3 Å². The van der Waals surface area contributed by atoms with Gasteiger partial charge < -0.3 is 25.6 Å². The molecule has 1 aliphatic carbocycles. The van der Waals surface area contributed by atoms with Crippen LogP contribution in [-0.4, -0.2) is 56.8 Å². The van der Waals surface area contributed by atoms with Crippen molar-refractivity contribution in [3.63, 3.8) is 0 Å². The van der Waals surface area contributed by atoms with Gasteiger partial charge in [0.25, 0.3) is 0 Å². The SMILES string of the molecule is C#N.CC(=O)Nc1ncnn2c(C3CCC(COC(=O)CC4CCCCC4)O3)ccc12.CCC.NCC(=O)O. The van der Waals surface area contributed by atoms with Gasteiger partial charge in [0.15, 0.2) is 5.82 Å². The molecular formula is C27H42N6O6. The number of carboxylic acids is 1. The first kappa shape index (κ1) is 33.5. The number of fused-ring (bicyclic) bond motifs is 1. The lowest BCUT2D eigenvalue weighted by Gasteiger charge is -2.21. The molecule has 216 valence electrons. The smallest absolute Gasteiger partial charge is 0.317 e. The number of carboxylic acid groups (broad SMARTS) is 1. The molecule has 12 heteroatoms. The maximum atomic E-state index is 12.1. The fourth-order valence-corrected chi connectivity index (χ4v) is 4.38. The Morgan fingerprint density at radius 3 is 2.41 bits per heavy atom. The number of nitrogens with zero attached hydrogens (tertiary/aromatic N) is 4. The van der Waals surface area contributed by atoms with Crippen molar-refractivity contribution < 1.29 is 29.0 Å². The number of ether oxygens (including phenoxy) is 2. The average molecular weight is 547 g/mol. The zero-order valence-electron chi connectivity index (χ0n) is 23.2. The van der Waals surface area contributed by atoms with E-state index >= 15 is 0 Å². The van der Waals surface area contributed by atoms with E-state index in [1.54, 1.807) is 4.52 Å². The molecule has 1 amide bonds. The Bertz CT molecular complexity index is 1050. The molecule has 2 unspecified atom stereocenters. The van der Waals surface area contributed by atoms with Gasteiger partial charge in [0.2, 0.25) is 5.91 Å². The number of aliphatic carboxylic acids is 1. The van der Waals surface area contributed by atoms with E-state index in [2.05, 4.69) is 41.6 Å². The summed E-state index contributed by atoms with van der Waals surface area (Å²) in [7, 11) is 0. The summed E-state index contributed by atoms with van der Waals surface area (Å²) in [6.45, 7) is 9.22. The van der Waals surface area contributed by atoms with E-state index < -0.39 is 5.97 Å². The second-order valence-corrected chi connectivity index (χ2v) is 9.37. The number of nitriles is 1. The molecule has 2 aromatic rings. The lowest BCUT2D eigenvalue weighted by atomic mass is 9.87. The number of carbonyl (C=O) groups excluding carboxylic acids is 2. The Hall–Kier alpha value is -3.56. The van der Waals surface area contributed by atoms with E-state index in [-0.39, 0.29) is 30.6 Å². The van der Waals surface area contributed by atoms with Gasteiger partial charge in [-0.15, -0.1) is 0 Å². The van der Waals surface area contributed by atoms with E-state index in [1.807, 2.05) is 12.1 Å². The first-order chi connectivity index (χ1) is 18.8. The Balaban J connectivity index is 0.000000663. The number of hydrogen-bond acceptors (Lipinski definition) is 9. The second-order valence-electron chi connectivity index (χ2n) is 9.37. The van der Waals surface area contributed by atoms with Crippen LogP contribution in [0, 0.1) is 17.8 Å².